The van der Waals surface area contributed by atoms with Crippen molar-refractivity contribution < 1.29 is 4.74 Å². The van der Waals surface area contributed by atoms with Crippen molar-refractivity contribution in [2.75, 3.05) is 7.05 Å². The van der Waals surface area contributed by atoms with Crippen molar-refractivity contribution in [2.45, 2.75) is 58.1 Å². The van der Waals surface area contributed by atoms with Crippen LogP contribution in [-0.4, -0.2) is 19.2 Å². The number of nitrogens with one attached hydrogen (secondary N) is 1. The van der Waals surface area contributed by atoms with Gasteiger partial charge in [-0.25, -0.2) is 0 Å². The molecule has 0 saturated heterocycles. The van der Waals surface area contributed by atoms with E-state index in [1.54, 1.807) is 0 Å². The third-order valence-electron chi connectivity index (χ3n) is 3.95. The first-order valence-electron chi connectivity index (χ1n) is 7.12. The number of hydrogen-bond donors (Lipinski definition) is 1. The molecule has 2 unspecified atom stereocenters. The van der Waals surface area contributed by atoms with E-state index in [0.29, 0.717) is 12.1 Å². The summed E-state index contributed by atoms with van der Waals surface area (Å²) in [7, 11) is 2.05. The van der Waals surface area contributed by atoms with E-state index in [2.05, 4.69) is 44.4 Å². The van der Waals surface area contributed by atoms with Gasteiger partial charge in [0.25, 0.3) is 0 Å². The van der Waals surface area contributed by atoms with E-state index in [4.69, 9.17) is 4.74 Å². The van der Waals surface area contributed by atoms with Crippen molar-refractivity contribution in [2.24, 2.45) is 0 Å². The van der Waals surface area contributed by atoms with Crippen LogP contribution in [0.3, 0.4) is 0 Å². The summed E-state index contributed by atoms with van der Waals surface area (Å²) in [6.07, 6.45) is 6.65. The minimum absolute atomic E-state index is 0.318. The summed E-state index contributed by atoms with van der Waals surface area (Å²) in [5.74, 6) is 1.06. The summed E-state index contributed by atoms with van der Waals surface area (Å²) < 4.78 is 6.29. The zero-order valence-corrected chi connectivity index (χ0v) is 11.8. The lowest BCUT2D eigenvalue weighted by molar-refractivity contribution is 0.148. The maximum Gasteiger partial charge on any atom is 0.122 e. The van der Waals surface area contributed by atoms with Crippen LogP contribution in [-0.2, 0) is 0 Å². The van der Waals surface area contributed by atoms with Crippen LogP contribution >= 0.6 is 0 Å². The van der Waals surface area contributed by atoms with E-state index < -0.39 is 0 Å². The van der Waals surface area contributed by atoms with Gasteiger partial charge in [0.2, 0.25) is 0 Å². The molecule has 2 atom stereocenters. The van der Waals surface area contributed by atoms with Crippen LogP contribution in [0.5, 0.6) is 5.75 Å². The standard InChI is InChI=1S/C16H25NO/c1-12-9-10-13(2)16(11-12)18-15-8-6-4-5-7-14(15)17-3/h9-11,14-15,17H,4-8H2,1-3H3. The van der Waals surface area contributed by atoms with Crippen molar-refractivity contribution in [3.05, 3.63) is 29.3 Å². The SMILES string of the molecule is CNC1CCCCCC1Oc1cc(C)ccc1C. The molecular formula is C16H25NO. The lowest BCUT2D eigenvalue weighted by Gasteiger charge is -2.26. The van der Waals surface area contributed by atoms with Crippen LogP contribution in [0.25, 0.3) is 0 Å². The van der Waals surface area contributed by atoms with Gasteiger partial charge in [-0.2, -0.15) is 0 Å². The Morgan fingerprint density at radius 2 is 1.89 bits per heavy atom. The summed E-state index contributed by atoms with van der Waals surface area (Å²) >= 11 is 0. The van der Waals surface area contributed by atoms with Crippen LogP contribution in [0.1, 0.15) is 43.2 Å². The van der Waals surface area contributed by atoms with E-state index in [0.717, 1.165) is 5.75 Å². The number of aryl methyl sites for hydroxylation is 2. The monoisotopic (exact) mass is 247 g/mol. The molecule has 1 aromatic rings. The van der Waals surface area contributed by atoms with Crippen molar-refractivity contribution in [3.8, 4) is 5.75 Å². The molecule has 0 amide bonds. The zero-order chi connectivity index (χ0) is 13.0. The Hall–Kier alpha value is -1.02. The minimum Gasteiger partial charge on any atom is -0.489 e. The molecule has 1 saturated carbocycles. The highest BCUT2D eigenvalue weighted by molar-refractivity contribution is 5.36. The van der Waals surface area contributed by atoms with Gasteiger partial charge in [-0.3, -0.25) is 0 Å². The van der Waals surface area contributed by atoms with Gasteiger partial charge in [0.05, 0.1) is 0 Å². The summed E-state index contributed by atoms with van der Waals surface area (Å²) in [5, 5.41) is 3.42. The molecule has 0 bridgehead atoms. The lowest BCUT2D eigenvalue weighted by atomic mass is 10.1. The van der Waals surface area contributed by atoms with Gasteiger partial charge in [-0.05, 0) is 57.4 Å². The molecule has 1 aliphatic rings. The summed E-state index contributed by atoms with van der Waals surface area (Å²) in [6.45, 7) is 4.24. The van der Waals surface area contributed by atoms with Crippen molar-refractivity contribution in [1.29, 1.82) is 0 Å². The Morgan fingerprint density at radius 1 is 1.11 bits per heavy atom. The van der Waals surface area contributed by atoms with Crippen LogP contribution in [0, 0.1) is 13.8 Å². The summed E-state index contributed by atoms with van der Waals surface area (Å²) in [6, 6.07) is 6.94. The third-order valence-corrected chi connectivity index (χ3v) is 3.95. The second kappa shape index (κ2) is 6.24. The molecule has 0 spiro atoms. The van der Waals surface area contributed by atoms with E-state index in [9.17, 15) is 0 Å². The van der Waals surface area contributed by atoms with Crippen molar-refractivity contribution in [3.63, 3.8) is 0 Å². The lowest BCUT2D eigenvalue weighted by Crippen LogP contribution is -2.40. The highest BCUT2D eigenvalue weighted by Gasteiger charge is 2.24. The Balaban J connectivity index is 2.12. The van der Waals surface area contributed by atoms with E-state index in [1.807, 2.05) is 0 Å². The van der Waals surface area contributed by atoms with Crippen LogP contribution in [0.2, 0.25) is 0 Å². The summed E-state index contributed by atoms with van der Waals surface area (Å²) in [5.41, 5.74) is 2.50. The normalized spacial score (nSPS) is 24.6. The van der Waals surface area contributed by atoms with Gasteiger partial charge in [-0.15, -0.1) is 0 Å². The number of rotatable bonds is 3. The molecule has 0 radical (unpaired) electrons. The fourth-order valence-electron chi connectivity index (χ4n) is 2.74. The fraction of sp³-hybridized carbons (Fsp3) is 0.625. The molecule has 18 heavy (non-hydrogen) atoms. The maximum atomic E-state index is 6.29. The quantitative estimate of drug-likeness (QED) is 0.824. The van der Waals surface area contributed by atoms with Crippen LogP contribution < -0.4 is 10.1 Å². The molecule has 100 valence electrons. The highest BCUT2D eigenvalue weighted by Crippen LogP contribution is 2.26. The van der Waals surface area contributed by atoms with Gasteiger partial charge in [0, 0.05) is 6.04 Å². The average Bonchev–Trinajstić information content (AvgIpc) is 2.59. The van der Waals surface area contributed by atoms with E-state index in [-0.39, 0.29) is 0 Å². The number of hydrogen-bond acceptors (Lipinski definition) is 2. The molecular weight excluding hydrogens is 222 g/mol. The summed E-state index contributed by atoms with van der Waals surface area (Å²) in [4.78, 5) is 0. The Morgan fingerprint density at radius 3 is 2.67 bits per heavy atom. The topological polar surface area (TPSA) is 21.3 Å². The zero-order valence-electron chi connectivity index (χ0n) is 11.8. The largest absolute Gasteiger partial charge is 0.489 e. The van der Waals surface area contributed by atoms with Crippen molar-refractivity contribution in [1.82, 2.24) is 5.32 Å². The maximum absolute atomic E-state index is 6.29. The van der Waals surface area contributed by atoms with Gasteiger partial charge in [0.15, 0.2) is 0 Å². The highest BCUT2D eigenvalue weighted by atomic mass is 16.5. The second-order valence-electron chi connectivity index (χ2n) is 5.46. The molecule has 1 aromatic carbocycles. The van der Waals surface area contributed by atoms with Crippen LogP contribution in [0.15, 0.2) is 18.2 Å². The van der Waals surface area contributed by atoms with Gasteiger partial charge in [0.1, 0.15) is 11.9 Å². The Kier molecular flexibility index (Phi) is 4.65. The predicted molar refractivity (Wildman–Crippen MR) is 76.3 cm³/mol. The third kappa shape index (κ3) is 3.26. The molecule has 0 heterocycles. The van der Waals surface area contributed by atoms with Gasteiger partial charge in [-0.1, -0.05) is 25.0 Å². The van der Waals surface area contributed by atoms with E-state index in [1.165, 1.54) is 43.2 Å². The molecule has 2 rings (SSSR count). The van der Waals surface area contributed by atoms with Gasteiger partial charge >= 0.3 is 0 Å². The van der Waals surface area contributed by atoms with Gasteiger partial charge < -0.3 is 10.1 Å². The first-order chi connectivity index (χ1) is 8.70. The number of ether oxygens (including phenoxy) is 1. The number of benzene rings is 1. The van der Waals surface area contributed by atoms with Crippen LogP contribution in [0.4, 0.5) is 0 Å². The second-order valence-corrected chi connectivity index (χ2v) is 5.46. The molecule has 1 N–H and O–H groups in total. The molecule has 0 aromatic heterocycles. The molecule has 2 heteroatoms. The Labute approximate surface area is 111 Å². The number of likely N-dealkylation sites (N-methyl/N-ethyl adjacent to an activating group) is 1. The smallest absolute Gasteiger partial charge is 0.122 e. The van der Waals surface area contributed by atoms with Crippen molar-refractivity contribution >= 4 is 0 Å². The first-order valence-corrected chi connectivity index (χ1v) is 7.12. The minimum atomic E-state index is 0.318. The fourth-order valence-corrected chi connectivity index (χ4v) is 2.74. The average molecular weight is 247 g/mol. The molecule has 2 nitrogen and oxygen atoms in total. The predicted octanol–water partition coefficient (Wildman–Crippen LogP) is 3.60. The molecule has 1 fully saturated rings. The molecule has 0 aliphatic heterocycles. The Bertz CT molecular complexity index is 389. The first kappa shape index (κ1) is 13.4. The van der Waals surface area contributed by atoms with E-state index >= 15 is 0 Å². The molecule has 1 aliphatic carbocycles.